The summed E-state index contributed by atoms with van der Waals surface area (Å²) in [7, 11) is 2.11. The predicted octanol–water partition coefficient (Wildman–Crippen LogP) is 0.912. The molecule has 1 N–H and O–H groups in total. The second-order valence-corrected chi connectivity index (χ2v) is 7.22. The zero-order valence-corrected chi connectivity index (χ0v) is 13.6. The van der Waals surface area contributed by atoms with Crippen LogP contribution in [0.3, 0.4) is 0 Å². The van der Waals surface area contributed by atoms with Crippen LogP contribution in [-0.2, 0) is 0 Å². The van der Waals surface area contributed by atoms with E-state index in [2.05, 4.69) is 17.3 Å². The molecule has 1 aromatic rings. The molecular weight excluding hydrogens is 292 g/mol. The topological polar surface area (TPSA) is 55.9 Å². The van der Waals surface area contributed by atoms with Crippen molar-refractivity contribution in [3.05, 3.63) is 29.3 Å². The summed E-state index contributed by atoms with van der Waals surface area (Å²) in [6.07, 6.45) is 0. The van der Waals surface area contributed by atoms with E-state index in [1.807, 2.05) is 30.0 Å². The number of benzene rings is 1. The summed E-state index contributed by atoms with van der Waals surface area (Å²) in [5.41, 5.74) is 2.86. The van der Waals surface area contributed by atoms with Gasteiger partial charge in [0.15, 0.2) is 0 Å². The summed E-state index contributed by atoms with van der Waals surface area (Å²) < 4.78 is 0. The molecule has 0 radical (unpaired) electrons. The van der Waals surface area contributed by atoms with Gasteiger partial charge in [-0.25, -0.2) is 4.79 Å². The van der Waals surface area contributed by atoms with Crippen LogP contribution in [0.25, 0.3) is 0 Å². The lowest BCUT2D eigenvalue weighted by Gasteiger charge is -2.59. The Balaban J connectivity index is 1.51. The summed E-state index contributed by atoms with van der Waals surface area (Å²) in [4.78, 5) is 30.5. The molecule has 3 heterocycles. The molecule has 3 amide bonds. The molecule has 0 aliphatic carbocycles. The average molecular weight is 314 g/mol. The Morgan fingerprint density at radius 1 is 1.22 bits per heavy atom. The molecule has 6 nitrogen and oxygen atoms in total. The summed E-state index contributed by atoms with van der Waals surface area (Å²) in [5.74, 6) is 0.0750. The molecule has 0 unspecified atom stereocenters. The van der Waals surface area contributed by atoms with Crippen molar-refractivity contribution < 1.29 is 9.59 Å². The fourth-order valence-corrected chi connectivity index (χ4v) is 4.12. The molecular formula is C17H22N4O2. The second kappa shape index (κ2) is 4.96. The highest BCUT2D eigenvalue weighted by molar-refractivity contribution is 5.99. The highest BCUT2D eigenvalue weighted by Gasteiger charge is 2.51. The van der Waals surface area contributed by atoms with E-state index < -0.39 is 0 Å². The summed E-state index contributed by atoms with van der Waals surface area (Å²) in [6, 6.07) is 5.58. The van der Waals surface area contributed by atoms with Gasteiger partial charge in [0.25, 0.3) is 5.91 Å². The molecule has 3 aliphatic heterocycles. The number of hydrogen-bond acceptors (Lipinski definition) is 3. The van der Waals surface area contributed by atoms with Gasteiger partial charge in [0.2, 0.25) is 0 Å². The number of carbonyl (C=O) groups is 2. The highest BCUT2D eigenvalue weighted by atomic mass is 16.2. The number of likely N-dealkylation sites (tertiary alicyclic amines) is 2. The first-order valence-electron chi connectivity index (χ1n) is 8.11. The first kappa shape index (κ1) is 14.5. The molecule has 3 fully saturated rings. The van der Waals surface area contributed by atoms with E-state index in [-0.39, 0.29) is 11.9 Å². The lowest BCUT2D eigenvalue weighted by Crippen LogP contribution is -2.72. The van der Waals surface area contributed by atoms with Gasteiger partial charge in [0.1, 0.15) is 0 Å². The van der Waals surface area contributed by atoms with Crippen molar-refractivity contribution in [3.63, 3.8) is 0 Å². The van der Waals surface area contributed by atoms with Crippen molar-refractivity contribution in [2.75, 3.05) is 51.2 Å². The zero-order chi connectivity index (χ0) is 16.2. The fraction of sp³-hybridized carbons (Fsp3) is 0.529. The van der Waals surface area contributed by atoms with E-state index in [1.165, 1.54) is 0 Å². The van der Waals surface area contributed by atoms with Crippen molar-refractivity contribution in [1.82, 2.24) is 15.1 Å². The largest absolute Gasteiger partial charge is 0.337 e. The van der Waals surface area contributed by atoms with Crippen LogP contribution < -0.4 is 10.2 Å². The minimum absolute atomic E-state index is 0.0750. The molecule has 0 aromatic heterocycles. The van der Waals surface area contributed by atoms with Gasteiger partial charge in [-0.1, -0.05) is 6.07 Å². The normalized spacial score (nSPS) is 22.8. The van der Waals surface area contributed by atoms with Crippen molar-refractivity contribution >= 4 is 17.6 Å². The average Bonchev–Trinajstić information content (AvgIpc) is 2.87. The van der Waals surface area contributed by atoms with E-state index in [0.717, 1.165) is 37.4 Å². The number of urea groups is 1. The fourth-order valence-electron chi connectivity index (χ4n) is 4.12. The lowest BCUT2D eigenvalue weighted by atomic mass is 9.73. The number of nitrogens with one attached hydrogen (secondary N) is 1. The quantitative estimate of drug-likeness (QED) is 0.883. The number of rotatable bonds is 2. The standard InChI is InChI=1S/C17H22N4O2/c1-12-3-4-13(7-14(12)21-6-5-18-16(21)23)15(22)20-10-17(11-20)8-19(2)9-17/h3-4,7H,5-6,8-11H2,1-2H3,(H,18,23). The van der Waals surface area contributed by atoms with Gasteiger partial charge in [-0.15, -0.1) is 0 Å². The highest BCUT2D eigenvalue weighted by Crippen LogP contribution is 2.39. The maximum Gasteiger partial charge on any atom is 0.322 e. The summed E-state index contributed by atoms with van der Waals surface area (Å²) >= 11 is 0. The summed E-state index contributed by atoms with van der Waals surface area (Å²) in [5, 5.41) is 2.81. The second-order valence-electron chi connectivity index (χ2n) is 7.22. The van der Waals surface area contributed by atoms with Gasteiger partial charge in [-0.05, 0) is 31.7 Å². The Morgan fingerprint density at radius 2 is 1.96 bits per heavy atom. The van der Waals surface area contributed by atoms with E-state index in [0.29, 0.717) is 24.1 Å². The van der Waals surface area contributed by atoms with Gasteiger partial charge in [0, 0.05) is 55.9 Å². The predicted molar refractivity (Wildman–Crippen MR) is 87.8 cm³/mol. The van der Waals surface area contributed by atoms with Gasteiger partial charge in [-0.2, -0.15) is 0 Å². The van der Waals surface area contributed by atoms with Gasteiger partial charge in [0.05, 0.1) is 0 Å². The van der Waals surface area contributed by atoms with Gasteiger partial charge in [-0.3, -0.25) is 9.69 Å². The molecule has 3 saturated heterocycles. The minimum Gasteiger partial charge on any atom is -0.337 e. The molecule has 0 atom stereocenters. The van der Waals surface area contributed by atoms with Gasteiger partial charge >= 0.3 is 6.03 Å². The number of nitrogens with zero attached hydrogens (tertiary/aromatic N) is 3. The van der Waals surface area contributed by atoms with Gasteiger partial charge < -0.3 is 15.1 Å². The molecule has 0 saturated carbocycles. The van der Waals surface area contributed by atoms with Crippen LogP contribution in [0.4, 0.5) is 10.5 Å². The van der Waals surface area contributed by atoms with Crippen LogP contribution in [0, 0.1) is 12.3 Å². The number of aryl methyl sites for hydroxylation is 1. The zero-order valence-electron chi connectivity index (χ0n) is 13.6. The Labute approximate surface area is 136 Å². The molecule has 3 aliphatic rings. The molecule has 0 bridgehead atoms. The van der Waals surface area contributed by atoms with Crippen LogP contribution in [-0.4, -0.2) is 68.1 Å². The molecule has 1 aromatic carbocycles. The van der Waals surface area contributed by atoms with E-state index in [4.69, 9.17) is 0 Å². The SMILES string of the molecule is Cc1ccc(C(=O)N2CC3(CN(C)C3)C2)cc1N1CCNC1=O. The minimum atomic E-state index is -0.0851. The number of carbonyl (C=O) groups excluding carboxylic acids is 2. The lowest BCUT2D eigenvalue weighted by molar-refractivity contribution is -0.0872. The Bertz CT molecular complexity index is 673. The third kappa shape index (κ3) is 2.28. The molecule has 23 heavy (non-hydrogen) atoms. The Morgan fingerprint density at radius 3 is 2.57 bits per heavy atom. The van der Waals surface area contributed by atoms with Crippen molar-refractivity contribution in [3.8, 4) is 0 Å². The number of anilines is 1. The smallest absolute Gasteiger partial charge is 0.322 e. The molecule has 1 spiro atoms. The van der Waals surface area contributed by atoms with Crippen LogP contribution >= 0.6 is 0 Å². The van der Waals surface area contributed by atoms with E-state index in [1.54, 1.807) is 4.90 Å². The third-order valence-corrected chi connectivity index (χ3v) is 5.15. The summed E-state index contributed by atoms with van der Waals surface area (Å²) in [6.45, 7) is 7.15. The Hall–Kier alpha value is -2.08. The first-order valence-corrected chi connectivity index (χ1v) is 8.11. The van der Waals surface area contributed by atoms with Crippen molar-refractivity contribution in [2.24, 2.45) is 5.41 Å². The number of hydrogen-bond donors (Lipinski definition) is 1. The molecule has 122 valence electrons. The van der Waals surface area contributed by atoms with Crippen LogP contribution in [0.15, 0.2) is 18.2 Å². The number of amides is 3. The molecule has 4 rings (SSSR count). The molecule has 6 heteroatoms. The van der Waals surface area contributed by atoms with Crippen LogP contribution in [0.1, 0.15) is 15.9 Å². The van der Waals surface area contributed by atoms with Crippen LogP contribution in [0.2, 0.25) is 0 Å². The first-order chi connectivity index (χ1) is 11.0. The monoisotopic (exact) mass is 314 g/mol. The Kier molecular flexibility index (Phi) is 3.13. The van der Waals surface area contributed by atoms with E-state index in [9.17, 15) is 9.59 Å². The van der Waals surface area contributed by atoms with Crippen molar-refractivity contribution in [2.45, 2.75) is 6.92 Å². The maximum atomic E-state index is 12.7. The maximum absolute atomic E-state index is 12.7. The third-order valence-electron chi connectivity index (χ3n) is 5.15. The van der Waals surface area contributed by atoms with Crippen molar-refractivity contribution in [1.29, 1.82) is 0 Å². The van der Waals surface area contributed by atoms with E-state index >= 15 is 0 Å². The van der Waals surface area contributed by atoms with Crippen LogP contribution in [0.5, 0.6) is 0 Å².